The summed E-state index contributed by atoms with van der Waals surface area (Å²) in [4.78, 5) is 19.9. The Morgan fingerprint density at radius 1 is 1.19 bits per heavy atom. The number of aromatic nitrogens is 4. The lowest BCUT2D eigenvalue weighted by molar-refractivity contribution is -0.117. The molecule has 26 heavy (non-hydrogen) atoms. The van der Waals surface area contributed by atoms with Gasteiger partial charge in [-0.25, -0.2) is 19.0 Å². The summed E-state index contributed by atoms with van der Waals surface area (Å²) in [6.07, 6.45) is -0.139. The van der Waals surface area contributed by atoms with Crippen LogP contribution in [0.4, 0.5) is 9.52 Å². The van der Waals surface area contributed by atoms with Crippen LogP contribution in [0.15, 0.2) is 42.5 Å². The van der Waals surface area contributed by atoms with E-state index in [-0.39, 0.29) is 17.9 Å². The fraction of sp³-hybridized carbons (Fsp3) is 0.0588. The predicted molar refractivity (Wildman–Crippen MR) is 97.2 cm³/mol. The highest BCUT2D eigenvalue weighted by Gasteiger charge is 2.18. The van der Waals surface area contributed by atoms with E-state index in [1.165, 1.54) is 22.1 Å². The van der Waals surface area contributed by atoms with Crippen molar-refractivity contribution in [3.05, 3.63) is 54.1 Å². The molecular formula is C17H13FN6OS. The predicted octanol–water partition coefficient (Wildman–Crippen LogP) is 2.29. The second kappa shape index (κ2) is 6.19. The van der Waals surface area contributed by atoms with Crippen molar-refractivity contribution in [3.8, 4) is 17.1 Å². The summed E-state index contributed by atoms with van der Waals surface area (Å²) < 4.78 is 16.6. The lowest BCUT2D eigenvalue weighted by Crippen LogP contribution is -2.14. The number of benzene rings is 2. The van der Waals surface area contributed by atoms with E-state index < -0.39 is 11.7 Å². The van der Waals surface area contributed by atoms with E-state index >= 15 is 0 Å². The zero-order valence-corrected chi connectivity index (χ0v) is 14.2. The second-order valence-electron chi connectivity index (χ2n) is 5.59. The summed E-state index contributed by atoms with van der Waals surface area (Å²) >= 11 is 1.38. The molecule has 0 spiro atoms. The molecule has 2 heterocycles. The smallest absolute Gasteiger partial charge is 0.225 e. The van der Waals surface area contributed by atoms with Gasteiger partial charge in [0.15, 0.2) is 16.8 Å². The molecule has 0 atom stereocenters. The molecule has 0 radical (unpaired) electrons. The average Bonchev–Trinajstić information content (AvgIpc) is 3.16. The van der Waals surface area contributed by atoms with Gasteiger partial charge in [0, 0.05) is 5.56 Å². The van der Waals surface area contributed by atoms with Gasteiger partial charge in [-0.05, 0) is 30.3 Å². The summed E-state index contributed by atoms with van der Waals surface area (Å²) in [5, 5.41) is 4.73. The van der Waals surface area contributed by atoms with Crippen molar-refractivity contribution in [2.75, 3.05) is 5.73 Å². The largest absolute Gasteiger partial charge is 0.375 e. The van der Waals surface area contributed by atoms with Crippen LogP contribution in [-0.4, -0.2) is 25.7 Å². The number of anilines is 1. The number of nitrogens with two attached hydrogens (primary N) is 2. The highest BCUT2D eigenvalue weighted by molar-refractivity contribution is 7.22. The molecule has 4 rings (SSSR count). The number of halogens is 1. The monoisotopic (exact) mass is 368 g/mol. The quantitative estimate of drug-likeness (QED) is 0.574. The van der Waals surface area contributed by atoms with Crippen molar-refractivity contribution in [1.82, 2.24) is 19.7 Å². The number of nitrogen functional groups attached to an aromatic ring is 1. The summed E-state index contributed by atoms with van der Waals surface area (Å²) in [5.41, 5.74) is 12.6. The zero-order chi connectivity index (χ0) is 18.3. The number of rotatable bonds is 4. The zero-order valence-electron chi connectivity index (χ0n) is 13.4. The fourth-order valence-electron chi connectivity index (χ4n) is 2.65. The molecule has 0 bridgehead atoms. The molecule has 4 aromatic rings. The Hall–Kier alpha value is -3.33. The Balaban J connectivity index is 1.91. The fourth-order valence-corrected chi connectivity index (χ4v) is 3.36. The van der Waals surface area contributed by atoms with E-state index in [0.29, 0.717) is 22.0 Å². The van der Waals surface area contributed by atoms with Gasteiger partial charge in [-0.3, -0.25) is 4.79 Å². The van der Waals surface area contributed by atoms with Crippen molar-refractivity contribution in [2.24, 2.45) is 5.73 Å². The van der Waals surface area contributed by atoms with E-state index in [9.17, 15) is 9.18 Å². The number of hydrogen-bond donors (Lipinski definition) is 2. The van der Waals surface area contributed by atoms with Gasteiger partial charge in [0.25, 0.3) is 0 Å². The summed E-state index contributed by atoms with van der Waals surface area (Å²) in [6, 6.07) is 11.7. The van der Waals surface area contributed by atoms with Gasteiger partial charge in [0.2, 0.25) is 5.91 Å². The number of carbonyl (C=O) groups excluding carboxylic acids is 1. The number of thiazole rings is 1. The van der Waals surface area contributed by atoms with E-state index in [1.54, 1.807) is 24.3 Å². The Morgan fingerprint density at radius 3 is 2.77 bits per heavy atom. The Morgan fingerprint density at radius 2 is 2.00 bits per heavy atom. The number of nitrogens with zero attached hydrogens (tertiary/aromatic N) is 4. The standard InChI is InChI=1S/C17H13FN6OS/c18-10-3-1-2-4-12(10)24-16(22-15(23-24)8-14(19)25)9-5-6-13-11(7-9)21-17(20)26-13/h1-7H,8H2,(H2,19,25)(H2,20,21). The van der Waals surface area contributed by atoms with Crippen molar-refractivity contribution >= 4 is 32.6 Å². The number of primary amides is 1. The number of hydrogen-bond acceptors (Lipinski definition) is 6. The van der Waals surface area contributed by atoms with Crippen LogP contribution in [0.3, 0.4) is 0 Å². The molecule has 0 aliphatic rings. The molecule has 2 aromatic heterocycles. The normalized spacial score (nSPS) is 11.1. The van der Waals surface area contributed by atoms with E-state index in [0.717, 1.165) is 4.70 Å². The molecule has 130 valence electrons. The van der Waals surface area contributed by atoms with Crippen LogP contribution in [-0.2, 0) is 11.2 Å². The molecule has 2 aromatic carbocycles. The van der Waals surface area contributed by atoms with Gasteiger partial charge in [0.05, 0.1) is 16.6 Å². The topological polar surface area (TPSA) is 113 Å². The number of carbonyl (C=O) groups is 1. The minimum absolute atomic E-state index is 0.139. The van der Waals surface area contributed by atoms with Crippen molar-refractivity contribution in [3.63, 3.8) is 0 Å². The summed E-state index contributed by atoms with van der Waals surface area (Å²) in [6.45, 7) is 0. The maximum Gasteiger partial charge on any atom is 0.225 e. The number of fused-ring (bicyclic) bond motifs is 1. The van der Waals surface area contributed by atoms with Crippen LogP contribution in [0.25, 0.3) is 27.3 Å². The molecule has 9 heteroatoms. The van der Waals surface area contributed by atoms with Crippen LogP contribution in [0.5, 0.6) is 0 Å². The lowest BCUT2D eigenvalue weighted by Gasteiger charge is -2.07. The third-order valence-corrected chi connectivity index (χ3v) is 4.59. The SMILES string of the molecule is NC(=O)Cc1nc(-c2ccc3sc(N)nc3c2)n(-c2ccccc2F)n1. The Kier molecular flexibility index (Phi) is 3.85. The van der Waals surface area contributed by atoms with Crippen LogP contribution in [0.1, 0.15) is 5.82 Å². The highest BCUT2D eigenvalue weighted by Crippen LogP contribution is 2.29. The first-order chi connectivity index (χ1) is 12.5. The molecular weight excluding hydrogens is 355 g/mol. The Bertz CT molecular complexity index is 1140. The molecule has 1 amide bonds. The average molecular weight is 368 g/mol. The highest BCUT2D eigenvalue weighted by atomic mass is 32.1. The van der Waals surface area contributed by atoms with E-state index in [1.807, 2.05) is 12.1 Å². The molecule has 0 saturated carbocycles. The number of para-hydroxylation sites is 1. The summed E-state index contributed by atoms with van der Waals surface area (Å²) in [7, 11) is 0. The van der Waals surface area contributed by atoms with E-state index in [2.05, 4.69) is 15.1 Å². The van der Waals surface area contributed by atoms with Crippen LogP contribution < -0.4 is 11.5 Å². The molecule has 7 nitrogen and oxygen atoms in total. The van der Waals surface area contributed by atoms with Crippen LogP contribution in [0.2, 0.25) is 0 Å². The van der Waals surface area contributed by atoms with Gasteiger partial charge in [-0.2, -0.15) is 5.10 Å². The molecule has 0 unspecified atom stereocenters. The van der Waals surface area contributed by atoms with Gasteiger partial charge in [0.1, 0.15) is 11.5 Å². The molecule has 0 aliphatic heterocycles. The van der Waals surface area contributed by atoms with Crippen LogP contribution in [0, 0.1) is 5.82 Å². The van der Waals surface area contributed by atoms with Crippen molar-refractivity contribution in [2.45, 2.75) is 6.42 Å². The van der Waals surface area contributed by atoms with Crippen molar-refractivity contribution in [1.29, 1.82) is 0 Å². The maximum absolute atomic E-state index is 14.3. The molecule has 0 fully saturated rings. The minimum Gasteiger partial charge on any atom is -0.375 e. The maximum atomic E-state index is 14.3. The first-order valence-electron chi connectivity index (χ1n) is 7.67. The third-order valence-electron chi connectivity index (χ3n) is 3.73. The van der Waals surface area contributed by atoms with Gasteiger partial charge in [-0.1, -0.05) is 23.5 Å². The van der Waals surface area contributed by atoms with Crippen molar-refractivity contribution < 1.29 is 9.18 Å². The third kappa shape index (κ3) is 2.88. The number of amides is 1. The Labute approximate surface area is 151 Å². The van der Waals surface area contributed by atoms with Gasteiger partial charge >= 0.3 is 0 Å². The van der Waals surface area contributed by atoms with Gasteiger partial charge in [-0.15, -0.1) is 0 Å². The summed E-state index contributed by atoms with van der Waals surface area (Å²) in [5.74, 6) is -0.415. The molecule has 0 saturated heterocycles. The van der Waals surface area contributed by atoms with Crippen LogP contribution >= 0.6 is 11.3 Å². The molecule has 4 N–H and O–H groups in total. The first-order valence-corrected chi connectivity index (χ1v) is 8.48. The minimum atomic E-state index is -0.565. The lowest BCUT2D eigenvalue weighted by atomic mass is 10.2. The second-order valence-corrected chi connectivity index (χ2v) is 6.65. The van der Waals surface area contributed by atoms with Gasteiger partial charge < -0.3 is 11.5 Å². The first kappa shape index (κ1) is 16.2. The van der Waals surface area contributed by atoms with E-state index in [4.69, 9.17) is 11.5 Å². The molecule has 0 aliphatic carbocycles.